The van der Waals surface area contributed by atoms with Gasteiger partial charge in [0, 0.05) is 36.5 Å². The van der Waals surface area contributed by atoms with Crippen LogP contribution >= 0.6 is 11.3 Å². The van der Waals surface area contributed by atoms with Crippen molar-refractivity contribution < 1.29 is 19.4 Å². The van der Waals surface area contributed by atoms with E-state index in [2.05, 4.69) is 25.8 Å². The number of aromatic carboxylic acids is 1. The van der Waals surface area contributed by atoms with Gasteiger partial charge in [-0.05, 0) is 49.5 Å². The van der Waals surface area contributed by atoms with Crippen molar-refractivity contribution in [1.82, 2.24) is 9.55 Å². The number of carboxylic acids is 1. The molecule has 1 aliphatic rings. The third-order valence-corrected chi connectivity index (χ3v) is 7.35. The second-order valence-electron chi connectivity index (χ2n) is 9.83. The van der Waals surface area contributed by atoms with E-state index in [-0.39, 0.29) is 17.0 Å². The summed E-state index contributed by atoms with van der Waals surface area (Å²) < 4.78 is 13.1. The summed E-state index contributed by atoms with van der Waals surface area (Å²) >= 11 is 1.59. The van der Waals surface area contributed by atoms with Crippen LogP contribution in [0, 0.1) is 19.3 Å². The van der Waals surface area contributed by atoms with Gasteiger partial charge >= 0.3 is 5.97 Å². The van der Waals surface area contributed by atoms with E-state index in [1.165, 1.54) is 12.3 Å². The van der Waals surface area contributed by atoms with Crippen LogP contribution in [0.2, 0.25) is 0 Å². The molecular weight excluding hydrogens is 464 g/mol. The number of aromatic nitrogens is 2. The molecule has 4 rings (SSSR count). The third kappa shape index (κ3) is 4.81. The van der Waals surface area contributed by atoms with Crippen LogP contribution in [-0.2, 0) is 11.2 Å². The fourth-order valence-electron chi connectivity index (χ4n) is 4.56. The van der Waals surface area contributed by atoms with Gasteiger partial charge in [-0.2, -0.15) is 0 Å². The number of thiazole rings is 1. The standard InChI is InChI=1S/C27H30N2O5S/c1-15-25(35-16(2)28-15)19-12-18-17(10-23(19)34-9-7-8-33-6)11-24(27(3,4)5)29-14-20(26(31)32)22(30)13-21(18)29/h7,9-10,12-14,24H,8,11H2,1-6H3,(H,31,32)/b9-7+/t24-/m0/s1. The number of carboxylic acid groups (broad SMARTS) is 1. The summed E-state index contributed by atoms with van der Waals surface area (Å²) in [6.07, 6.45) is 5.60. The van der Waals surface area contributed by atoms with E-state index in [1.54, 1.807) is 30.8 Å². The van der Waals surface area contributed by atoms with Gasteiger partial charge in [-0.3, -0.25) is 4.79 Å². The maximum absolute atomic E-state index is 12.7. The number of methoxy groups -OCH3 is 1. The van der Waals surface area contributed by atoms with Gasteiger partial charge in [-0.1, -0.05) is 20.8 Å². The lowest BCUT2D eigenvalue weighted by Gasteiger charge is -2.39. The Bertz CT molecular complexity index is 1380. The van der Waals surface area contributed by atoms with Crippen molar-refractivity contribution in [3.05, 3.63) is 68.8 Å². The number of ether oxygens (including phenoxy) is 2. The van der Waals surface area contributed by atoms with Gasteiger partial charge in [0.05, 0.1) is 34.1 Å². The quantitative estimate of drug-likeness (QED) is 0.446. The van der Waals surface area contributed by atoms with E-state index in [4.69, 9.17) is 9.47 Å². The van der Waals surface area contributed by atoms with Crippen LogP contribution in [0.15, 0.2) is 41.5 Å². The SMILES string of the molecule is COC/C=C/Oc1cc2c(cc1-c1sc(C)nc1C)-c1cc(=O)c(C(=O)O)cn1[C@H](C(C)(C)C)C2. The normalized spacial score (nSPS) is 15.2. The van der Waals surface area contributed by atoms with Gasteiger partial charge in [0.25, 0.3) is 0 Å². The molecule has 0 fully saturated rings. The third-order valence-electron chi connectivity index (χ3n) is 6.24. The molecule has 7 nitrogen and oxygen atoms in total. The van der Waals surface area contributed by atoms with Crippen LogP contribution in [0.4, 0.5) is 0 Å². The summed E-state index contributed by atoms with van der Waals surface area (Å²) in [5.41, 5.74) is 3.54. The first-order chi connectivity index (χ1) is 16.5. The summed E-state index contributed by atoms with van der Waals surface area (Å²) in [5.74, 6) is -0.514. The Hall–Kier alpha value is -3.23. The van der Waals surface area contributed by atoms with Crippen molar-refractivity contribution in [3.63, 3.8) is 0 Å². The van der Waals surface area contributed by atoms with E-state index in [9.17, 15) is 14.7 Å². The molecule has 0 spiro atoms. The van der Waals surface area contributed by atoms with Gasteiger partial charge in [0.15, 0.2) is 5.43 Å². The molecule has 0 amide bonds. The summed E-state index contributed by atoms with van der Waals surface area (Å²) in [5, 5.41) is 10.5. The zero-order valence-electron chi connectivity index (χ0n) is 20.8. The molecule has 184 valence electrons. The van der Waals surface area contributed by atoms with Gasteiger partial charge in [-0.25, -0.2) is 9.78 Å². The highest BCUT2D eigenvalue weighted by Gasteiger charge is 2.34. The van der Waals surface area contributed by atoms with Crippen LogP contribution in [-0.4, -0.2) is 34.3 Å². The molecule has 1 atom stereocenters. The molecule has 8 heteroatoms. The fourth-order valence-corrected chi connectivity index (χ4v) is 5.50. The lowest BCUT2D eigenvalue weighted by atomic mass is 9.78. The molecule has 0 bridgehead atoms. The Labute approximate surface area is 208 Å². The first-order valence-electron chi connectivity index (χ1n) is 11.4. The molecule has 0 saturated carbocycles. The molecule has 0 unspecified atom stereocenters. The Kier molecular flexibility index (Phi) is 6.71. The number of fused-ring (bicyclic) bond motifs is 3. The molecule has 3 heterocycles. The van der Waals surface area contributed by atoms with Gasteiger partial charge in [0.2, 0.25) is 0 Å². The van der Waals surface area contributed by atoms with Crippen LogP contribution in [0.1, 0.15) is 53.4 Å². The summed E-state index contributed by atoms with van der Waals surface area (Å²) in [6, 6.07) is 5.49. The molecule has 1 aliphatic heterocycles. The van der Waals surface area contributed by atoms with E-state index in [1.807, 2.05) is 30.5 Å². The van der Waals surface area contributed by atoms with Crippen molar-refractivity contribution in [2.75, 3.05) is 13.7 Å². The predicted octanol–water partition coefficient (Wildman–Crippen LogP) is 5.64. The van der Waals surface area contributed by atoms with Crippen molar-refractivity contribution in [1.29, 1.82) is 0 Å². The van der Waals surface area contributed by atoms with E-state index in [0.717, 1.165) is 32.3 Å². The van der Waals surface area contributed by atoms with Crippen molar-refractivity contribution in [2.24, 2.45) is 5.41 Å². The molecular formula is C27H30N2O5S. The second-order valence-corrected chi connectivity index (χ2v) is 11.0. The highest BCUT2D eigenvalue weighted by molar-refractivity contribution is 7.15. The number of hydrogen-bond donors (Lipinski definition) is 1. The summed E-state index contributed by atoms with van der Waals surface area (Å²) in [6.45, 7) is 10.7. The molecule has 2 aromatic heterocycles. The van der Waals surface area contributed by atoms with E-state index < -0.39 is 11.4 Å². The number of aryl methyl sites for hydroxylation is 2. The van der Waals surface area contributed by atoms with Crippen LogP contribution in [0.5, 0.6) is 5.75 Å². The summed E-state index contributed by atoms with van der Waals surface area (Å²) in [4.78, 5) is 30.0. The Balaban J connectivity index is 1.98. The van der Waals surface area contributed by atoms with Crippen molar-refractivity contribution >= 4 is 17.3 Å². The lowest BCUT2D eigenvalue weighted by molar-refractivity contribution is 0.0693. The maximum atomic E-state index is 12.7. The van der Waals surface area contributed by atoms with Crippen molar-refractivity contribution in [2.45, 2.75) is 47.1 Å². The van der Waals surface area contributed by atoms with Gasteiger partial charge in [0.1, 0.15) is 11.3 Å². The average molecular weight is 495 g/mol. The topological polar surface area (TPSA) is 90.7 Å². The molecule has 0 radical (unpaired) electrons. The number of rotatable bonds is 6. The molecule has 1 N–H and O–H groups in total. The Morgan fingerprint density at radius 1 is 1.26 bits per heavy atom. The average Bonchev–Trinajstić information content (AvgIpc) is 3.12. The Morgan fingerprint density at radius 2 is 2.00 bits per heavy atom. The Morgan fingerprint density at radius 3 is 2.60 bits per heavy atom. The zero-order valence-corrected chi connectivity index (χ0v) is 21.7. The van der Waals surface area contributed by atoms with Gasteiger partial charge < -0.3 is 19.1 Å². The van der Waals surface area contributed by atoms with E-state index in [0.29, 0.717) is 24.5 Å². The first kappa shape index (κ1) is 24.9. The van der Waals surface area contributed by atoms with Crippen LogP contribution < -0.4 is 10.2 Å². The molecule has 0 aliphatic carbocycles. The van der Waals surface area contributed by atoms with E-state index >= 15 is 0 Å². The minimum atomic E-state index is -1.22. The monoisotopic (exact) mass is 494 g/mol. The number of hydrogen-bond acceptors (Lipinski definition) is 6. The number of pyridine rings is 1. The fraction of sp³-hybridized carbons (Fsp3) is 0.370. The molecule has 0 saturated heterocycles. The van der Waals surface area contributed by atoms with Crippen molar-refractivity contribution in [3.8, 4) is 27.4 Å². The largest absolute Gasteiger partial charge is 0.477 e. The van der Waals surface area contributed by atoms with Crippen LogP contribution in [0.3, 0.4) is 0 Å². The molecule has 3 aromatic rings. The maximum Gasteiger partial charge on any atom is 0.341 e. The number of carbonyl (C=O) groups is 1. The van der Waals surface area contributed by atoms with Gasteiger partial charge in [-0.15, -0.1) is 11.3 Å². The highest BCUT2D eigenvalue weighted by atomic mass is 32.1. The lowest BCUT2D eigenvalue weighted by Crippen LogP contribution is -2.32. The highest BCUT2D eigenvalue weighted by Crippen LogP contribution is 2.47. The number of benzene rings is 1. The second kappa shape index (κ2) is 9.43. The molecule has 1 aromatic carbocycles. The first-order valence-corrected chi connectivity index (χ1v) is 12.2. The minimum absolute atomic E-state index is 0.0428. The number of nitrogens with zero attached hydrogens (tertiary/aromatic N) is 2. The smallest absolute Gasteiger partial charge is 0.341 e. The zero-order chi connectivity index (χ0) is 25.5. The van der Waals surface area contributed by atoms with Crippen LogP contribution in [0.25, 0.3) is 21.7 Å². The predicted molar refractivity (Wildman–Crippen MR) is 138 cm³/mol. The summed E-state index contributed by atoms with van der Waals surface area (Å²) in [7, 11) is 1.62. The molecule has 35 heavy (non-hydrogen) atoms. The minimum Gasteiger partial charge on any atom is -0.477 e.